The number of carbonyl (C=O) groups excluding carboxylic acids is 1. The van der Waals surface area contributed by atoms with Gasteiger partial charge >= 0.3 is 5.69 Å². The maximum Gasteiger partial charge on any atom is 0.328 e. The highest BCUT2D eigenvalue weighted by atomic mass is 32.2. The first-order chi connectivity index (χ1) is 13.0. The maximum atomic E-state index is 12.5. The van der Waals surface area contributed by atoms with Crippen LogP contribution in [0.15, 0.2) is 31.9 Å². The molecule has 2 aromatic rings. The predicted octanol–water partition coefficient (Wildman–Crippen LogP) is 0.719. The molecule has 1 fully saturated rings. The van der Waals surface area contributed by atoms with Gasteiger partial charge in [-0.05, 0) is 19.8 Å². The Labute approximate surface area is 159 Å². The van der Waals surface area contributed by atoms with Crippen molar-refractivity contribution in [1.82, 2.24) is 24.6 Å². The van der Waals surface area contributed by atoms with E-state index in [0.29, 0.717) is 11.3 Å². The van der Waals surface area contributed by atoms with Gasteiger partial charge in [-0.1, -0.05) is 17.8 Å². The van der Waals surface area contributed by atoms with Crippen LogP contribution < -0.4 is 11.2 Å². The van der Waals surface area contributed by atoms with Crippen molar-refractivity contribution in [3.63, 3.8) is 0 Å². The molecule has 10 heteroatoms. The quantitative estimate of drug-likeness (QED) is 0.546. The van der Waals surface area contributed by atoms with Crippen LogP contribution >= 0.6 is 11.8 Å². The summed E-state index contributed by atoms with van der Waals surface area (Å²) < 4.78 is 6.62. The minimum Gasteiger partial charge on any atom is -0.416 e. The van der Waals surface area contributed by atoms with E-state index >= 15 is 0 Å². The second-order valence-electron chi connectivity index (χ2n) is 6.25. The molecule has 9 nitrogen and oxygen atoms in total. The van der Waals surface area contributed by atoms with Crippen LogP contribution in [0.5, 0.6) is 0 Å². The first-order valence-electron chi connectivity index (χ1n) is 8.66. The second kappa shape index (κ2) is 8.38. The van der Waals surface area contributed by atoms with E-state index in [1.54, 1.807) is 6.92 Å². The number of nitrogens with one attached hydrogen (secondary N) is 1. The predicted molar refractivity (Wildman–Crippen MR) is 99.9 cm³/mol. The molecule has 2 aromatic heterocycles. The number of aryl methyl sites for hydroxylation is 1. The average molecular weight is 391 g/mol. The number of allylic oxidation sites excluding steroid dienone is 1. The van der Waals surface area contributed by atoms with Crippen LogP contribution in [0.4, 0.5) is 0 Å². The van der Waals surface area contributed by atoms with Crippen molar-refractivity contribution in [3.8, 4) is 0 Å². The highest BCUT2D eigenvalue weighted by Crippen LogP contribution is 2.19. The molecule has 0 unspecified atom stereocenters. The van der Waals surface area contributed by atoms with Crippen LogP contribution in [0.1, 0.15) is 30.0 Å². The number of rotatable bonds is 7. The Balaban J connectivity index is 1.69. The summed E-state index contributed by atoms with van der Waals surface area (Å²) in [6, 6.07) is 0. The van der Waals surface area contributed by atoms with E-state index in [4.69, 9.17) is 4.42 Å². The smallest absolute Gasteiger partial charge is 0.328 e. The molecule has 0 spiro atoms. The summed E-state index contributed by atoms with van der Waals surface area (Å²) in [4.78, 5) is 41.0. The molecule has 1 N–H and O–H groups in total. The molecule has 0 aromatic carbocycles. The molecule has 1 aliphatic rings. The summed E-state index contributed by atoms with van der Waals surface area (Å²) in [5.41, 5.74) is -0.0529. The third kappa shape index (κ3) is 4.38. The Morgan fingerprint density at radius 3 is 2.78 bits per heavy atom. The van der Waals surface area contributed by atoms with Crippen LogP contribution in [0, 0.1) is 6.92 Å². The third-order valence-corrected chi connectivity index (χ3v) is 5.16. The minimum absolute atomic E-state index is 0.0565. The van der Waals surface area contributed by atoms with E-state index in [2.05, 4.69) is 21.8 Å². The molecule has 0 atom stereocenters. The number of carbonyl (C=O) groups is 1. The van der Waals surface area contributed by atoms with E-state index in [1.165, 1.54) is 17.8 Å². The zero-order valence-electron chi connectivity index (χ0n) is 15.1. The zero-order chi connectivity index (χ0) is 19.4. The van der Waals surface area contributed by atoms with Crippen LogP contribution in [0.25, 0.3) is 0 Å². The number of likely N-dealkylation sites (tertiary alicyclic amines) is 1. The summed E-state index contributed by atoms with van der Waals surface area (Å²) in [6.45, 7) is 6.92. The second-order valence-corrected chi connectivity index (χ2v) is 7.18. The van der Waals surface area contributed by atoms with Crippen molar-refractivity contribution in [1.29, 1.82) is 0 Å². The first-order valence-corrected chi connectivity index (χ1v) is 9.64. The highest BCUT2D eigenvalue weighted by molar-refractivity contribution is 7.99. The molecule has 1 amide bonds. The van der Waals surface area contributed by atoms with Gasteiger partial charge in [-0.25, -0.2) is 4.79 Å². The summed E-state index contributed by atoms with van der Waals surface area (Å²) in [5, 5.41) is 8.15. The number of aromatic amines is 1. The molecule has 3 rings (SSSR count). The molecular weight excluding hydrogens is 370 g/mol. The number of aromatic nitrogens is 4. The standard InChI is InChI=1S/C17H21N5O4S/c1-3-6-22-15(24)12(11(2)18-16(22)25)9-13-19-20-17(26-13)27-10-14(23)21-7-4-5-8-21/h3H,1,4-10H2,2H3,(H,18,25). The number of H-pyrrole nitrogens is 1. The topological polar surface area (TPSA) is 114 Å². The molecule has 0 radical (unpaired) electrons. The molecule has 1 aliphatic heterocycles. The molecule has 0 aliphatic carbocycles. The molecule has 1 saturated heterocycles. The third-order valence-electron chi connectivity index (χ3n) is 4.36. The van der Waals surface area contributed by atoms with Gasteiger partial charge < -0.3 is 14.3 Å². The largest absolute Gasteiger partial charge is 0.416 e. The van der Waals surface area contributed by atoms with Gasteiger partial charge in [0.15, 0.2) is 0 Å². The van der Waals surface area contributed by atoms with Gasteiger partial charge in [0.2, 0.25) is 11.8 Å². The molecule has 3 heterocycles. The number of hydrogen-bond donors (Lipinski definition) is 1. The fraction of sp³-hybridized carbons (Fsp3) is 0.471. The van der Waals surface area contributed by atoms with Crippen molar-refractivity contribution >= 4 is 17.7 Å². The maximum absolute atomic E-state index is 12.5. The lowest BCUT2D eigenvalue weighted by Crippen LogP contribution is -2.37. The van der Waals surface area contributed by atoms with Gasteiger partial charge in [0.25, 0.3) is 10.8 Å². The van der Waals surface area contributed by atoms with Gasteiger partial charge in [-0.3, -0.25) is 14.2 Å². The SMILES string of the molecule is C=CCn1c(=O)[nH]c(C)c(Cc2nnc(SCC(=O)N3CCCC3)o2)c1=O. The molecule has 0 saturated carbocycles. The summed E-state index contributed by atoms with van der Waals surface area (Å²) in [7, 11) is 0. The Bertz CT molecular complexity index is 955. The molecule has 27 heavy (non-hydrogen) atoms. The van der Waals surface area contributed by atoms with Crippen LogP contribution in [-0.4, -0.2) is 49.4 Å². The first kappa shape index (κ1) is 19.2. The highest BCUT2D eigenvalue weighted by Gasteiger charge is 2.20. The van der Waals surface area contributed by atoms with Gasteiger partial charge in [0, 0.05) is 30.9 Å². The van der Waals surface area contributed by atoms with E-state index in [9.17, 15) is 14.4 Å². The fourth-order valence-electron chi connectivity index (χ4n) is 2.92. The lowest BCUT2D eigenvalue weighted by atomic mass is 10.1. The van der Waals surface area contributed by atoms with Gasteiger partial charge in [-0.2, -0.15) is 0 Å². The Kier molecular flexibility index (Phi) is 5.94. The van der Waals surface area contributed by atoms with Crippen molar-refractivity contribution in [3.05, 3.63) is 50.6 Å². The zero-order valence-corrected chi connectivity index (χ0v) is 15.9. The molecule has 144 valence electrons. The normalized spacial score (nSPS) is 13.9. The summed E-state index contributed by atoms with van der Waals surface area (Å²) in [6.07, 6.45) is 3.67. The molecule has 0 bridgehead atoms. The van der Waals surface area contributed by atoms with Crippen LogP contribution in [-0.2, 0) is 17.8 Å². The number of thioether (sulfide) groups is 1. The fourth-order valence-corrected chi connectivity index (χ4v) is 3.61. The van der Waals surface area contributed by atoms with E-state index in [1.807, 2.05) is 4.90 Å². The van der Waals surface area contributed by atoms with E-state index in [-0.39, 0.29) is 35.7 Å². The van der Waals surface area contributed by atoms with Crippen molar-refractivity contribution in [2.45, 2.75) is 38.0 Å². The monoisotopic (exact) mass is 391 g/mol. The summed E-state index contributed by atoms with van der Waals surface area (Å²) >= 11 is 1.18. The van der Waals surface area contributed by atoms with Crippen molar-refractivity contribution in [2.75, 3.05) is 18.8 Å². The summed E-state index contributed by atoms with van der Waals surface area (Å²) in [5.74, 6) is 0.551. The Hall–Kier alpha value is -2.62. The van der Waals surface area contributed by atoms with Gasteiger partial charge in [-0.15, -0.1) is 16.8 Å². The number of amides is 1. The number of hydrogen-bond acceptors (Lipinski definition) is 7. The van der Waals surface area contributed by atoms with E-state index < -0.39 is 11.2 Å². The Morgan fingerprint density at radius 1 is 1.33 bits per heavy atom. The number of nitrogens with zero attached hydrogens (tertiary/aromatic N) is 4. The molecular formula is C17H21N5O4S. The van der Waals surface area contributed by atoms with Crippen molar-refractivity contribution < 1.29 is 9.21 Å². The van der Waals surface area contributed by atoms with Gasteiger partial charge in [0.1, 0.15) is 0 Å². The van der Waals surface area contributed by atoms with E-state index in [0.717, 1.165) is 30.5 Å². The minimum atomic E-state index is -0.483. The average Bonchev–Trinajstić information content (AvgIpc) is 3.32. The van der Waals surface area contributed by atoms with Crippen molar-refractivity contribution in [2.24, 2.45) is 0 Å². The Morgan fingerprint density at radius 2 is 2.07 bits per heavy atom. The lowest BCUT2D eigenvalue weighted by Gasteiger charge is -2.13. The van der Waals surface area contributed by atoms with Gasteiger partial charge in [0.05, 0.1) is 12.2 Å². The van der Waals surface area contributed by atoms with Crippen LogP contribution in [0.2, 0.25) is 0 Å². The lowest BCUT2D eigenvalue weighted by molar-refractivity contribution is -0.127. The van der Waals surface area contributed by atoms with Crippen LogP contribution in [0.3, 0.4) is 0 Å².